The molecule has 1 saturated carbocycles. The predicted molar refractivity (Wildman–Crippen MR) is 55.5 cm³/mol. The van der Waals surface area contributed by atoms with Crippen LogP contribution in [0.3, 0.4) is 0 Å². The molecule has 1 aliphatic carbocycles. The van der Waals surface area contributed by atoms with E-state index in [9.17, 15) is 0 Å². The summed E-state index contributed by atoms with van der Waals surface area (Å²) in [7, 11) is 11.4. The summed E-state index contributed by atoms with van der Waals surface area (Å²) in [4.78, 5) is 0. The van der Waals surface area contributed by atoms with Gasteiger partial charge < -0.3 is 0 Å². The van der Waals surface area contributed by atoms with Gasteiger partial charge in [0.05, 0.1) is 15.7 Å². The first-order chi connectivity index (χ1) is 5.63. The van der Waals surface area contributed by atoms with Gasteiger partial charge in [0.2, 0.25) is 0 Å². The molecule has 1 rings (SSSR count). The Labute approximate surface area is 79.3 Å². The molecule has 3 unspecified atom stereocenters. The highest BCUT2D eigenvalue weighted by Crippen LogP contribution is 2.38. The van der Waals surface area contributed by atoms with Crippen LogP contribution in [0.1, 0.15) is 39.5 Å². The molecule has 0 nitrogen and oxygen atoms in total. The lowest BCUT2D eigenvalue weighted by Crippen LogP contribution is -2.24. The Balaban J connectivity index is 2.45. The van der Waals surface area contributed by atoms with E-state index in [1.807, 2.05) is 0 Å². The molecule has 0 N–H and O–H groups in total. The summed E-state index contributed by atoms with van der Waals surface area (Å²) in [5.41, 5.74) is -0.0956. The first kappa shape index (κ1) is 10.2. The van der Waals surface area contributed by atoms with Crippen LogP contribution >= 0.6 is 0 Å². The minimum atomic E-state index is -0.0956. The van der Waals surface area contributed by atoms with Gasteiger partial charge in [0, 0.05) is 0 Å². The molecule has 64 valence electrons. The minimum absolute atomic E-state index is 0.0956. The average Bonchev–Trinajstić information content (AvgIpc) is 2.03. The molecule has 0 saturated heterocycles. The van der Waals surface area contributed by atoms with E-state index in [1.165, 1.54) is 25.7 Å². The quantitative estimate of drug-likeness (QED) is 0.544. The van der Waals surface area contributed by atoms with E-state index in [0.717, 1.165) is 11.8 Å². The maximum atomic E-state index is 5.72. The van der Waals surface area contributed by atoms with E-state index < -0.39 is 0 Å². The highest BCUT2D eigenvalue weighted by Gasteiger charge is 2.26. The Hall–Kier alpha value is 0.130. The van der Waals surface area contributed by atoms with E-state index in [2.05, 4.69) is 13.8 Å². The van der Waals surface area contributed by atoms with Crippen LogP contribution in [0.2, 0.25) is 5.72 Å². The molecule has 3 atom stereocenters. The van der Waals surface area contributed by atoms with Crippen LogP contribution in [0.25, 0.3) is 0 Å². The number of hydrogen-bond acceptors (Lipinski definition) is 0. The second kappa shape index (κ2) is 4.39. The van der Waals surface area contributed by atoms with Crippen LogP contribution in [0, 0.1) is 17.8 Å². The third-order valence-electron chi connectivity index (χ3n) is 3.20. The fourth-order valence-electron chi connectivity index (χ4n) is 2.45. The zero-order valence-electron chi connectivity index (χ0n) is 8.29. The van der Waals surface area contributed by atoms with Crippen molar-refractivity contribution < 1.29 is 0 Å². The smallest absolute Gasteiger partial charge is 0.0579 e. The van der Waals surface area contributed by atoms with Crippen LogP contribution in [0.4, 0.5) is 0 Å². The van der Waals surface area contributed by atoms with E-state index in [4.69, 9.17) is 15.7 Å². The summed E-state index contributed by atoms with van der Waals surface area (Å²) in [6.45, 7) is 4.58. The first-order valence-corrected chi connectivity index (χ1v) is 5.14. The third-order valence-corrected chi connectivity index (χ3v) is 3.20. The maximum Gasteiger partial charge on any atom is 0.0579 e. The molecule has 1 fully saturated rings. The highest BCUT2D eigenvalue weighted by molar-refractivity contribution is 6.35. The Kier molecular flexibility index (Phi) is 3.74. The van der Waals surface area contributed by atoms with Crippen molar-refractivity contribution in [3.63, 3.8) is 0 Å². The molecule has 1 aliphatic rings. The predicted octanol–water partition coefficient (Wildman–Crippen LogP) is 2.53. The summed E-state index contributed by atoms with van der Waals surface area (Å²) in [5, 5.41) is 0. The molecular formula is C10H18B2. The van der Waals surface area contributed by atoms with E-state index in [0.29, 0.717) is 5.92 Å². The summed E-state index contributed by atoms with van der Waals surface area (Å²) < 4.78 is 0. The van der Waals surface area contributed by atoms with Crippen molar-refractivity contribution in [2.45, 2.75) is 45.2 Å². The maximum absolute atomic E-state index is 5.72. The lowest BCUT2D eigenvalue weighted by Gasteiger charge is -2.35. The second-order valence-electron chi connectivity index (χ2n) is 4.42. The van der Waals surface area contributed by atoms with Gasteiger partial charge in [-0.25, -0.2) is 0 Å². The molecule has 0 aromatic rings. The Morgan fingerprint density at radius 1 is 1.25 bits per heavy atom. The van der Waals surface area contributed by atoms with Gasteiger partial charge >= 0.3 is 0 Å². The van der Waals surface area contributed by atoms with Crippen LogP contribution < -0.4 is 0 Å². The van der Waals surface area contributed by atoms with E-state index >= 15 is 0 Å². The van der Waals surface area contributed by atoms with Crippen LogP contribution in [0.15, 0.2) is 0 Å². The van der Waals surface area contributed by atoms with Gasteiger partial charge in [0.1, 0.15) is 0 Å². The summed E-state index contributed by atoms with van der Waals surface area (Å²) in [6, 6.07) is 0. The molecule has 4 radical (unpaired) electrons. The number of hydrogen-bond donors (Lipinski definition) is 0. The standard InChI is InChI=1S/C10H18B2/c1-3-8-4-7(2)5-9(6-8)10(11)12/h7-10H,3-6H2,1-2H3. The van der Waals surface area contributed by atoms with Crippen molar-refractivity contribution >= 4 is 15.7 Å². The lowest BCUT2D eigenvalue weighted by molar-refractivity contribution is 0.209. The second-order valence-corrected chi connectivity index (χ2v) is 4.42. The third kappa shape index (κ3) is 2.57. The van der Waals surface area contributed by atoms with Crippen LogP contribution in [-0.4, -0.2) is 15.7 Å². The van der Waals surface area contributed by atoms with Crippen molar-refractivity contribution in [3.8, 4) is 0 Å². The largest absolute Gasteiger partial charge is 0.107 e. The fraction of sp³-hybridized carbons (Fsp3) is 1.00. The SMILES string of the molecule is [B]C([B])C1CC(C)CC(CC)C1. The molecule has 0 heterocycles. The van der Waals surface area contributed by atoms with Crippen LogP contribution in [0.5, 0.6) is 0 Å². The van der Waals surface area contributed by atoms with Gasteiger partial charge in [0.25, 0.3) is 0 Å². The summed E-state index contributed by atoms with van der Waals surface area (Å²) >= 11 is 0. The van der Waals surface area contributed by atoms with Crippen molar-refractivity contribution in [2.75, 3.05) is 0 Å². The topological polar surface area (TPSA) is 0 Å². The van der Waals surface area contributed by atoms with E-state index in [1.54, 1.807) is 0 Å². The van der Waals surface area contributed by atoms with Crippen molar-refractivity contribution in [3.05, 3.63) is 0 Å². The normalized spacial score (nSPS) is 37.1. The zero-order chi connectivity index (χ0) is 9.14. The molecule has 2 heteroatoms. The number of rotatable bonds is 2. The van der Waals surface area contributed by atoms with Gasteiger partial charge in [-0.15, -0.1) is 5.72 Å². The zero-order valence-corrected chi connectivity index (χ0v) is 8.29. The molecule has 0 bridgehead atoms. The Morgan fingerprint density at radius 2 is 1.92 bits per heavy atom. The molecule has 0 amide bonds. The molecule has 0 aromatic heterocycles. The average molecular weight is 160 g/mol. The highest BCUT2D eigenvalue weighted by atomic mass is 14.3. The van der Waals surface area contributed by atoms with Gasteiger partial charge in [-0.3, -0.25) is 0 Å². The summed E-state index contributed by atoms with van der Waals surface area (Å²) in [5.74, 6) is 2.26. The van der Waals surface area contributed by atoms with Crippen LogP contribution in [-0.2, 0) is 0 Å². The molecule has 0 aliphatic heterocycles. The monoisotopic (exact) mass is 160 g/mol. The van der Waals surface area contributed by atoms with Gasteiger partial charge in [0.15, 0.2) is 0 Å². The molecular weight excluding hydrogens is 142 g/mol. The van der Waals surface area contributed by atoms with Gasteiger partial charge in [-0.1, -0.05) is 26.2 Å². The van der Waals surface area contributed by atoms with E-state index in [-0.39, 0.29) is 5.72 Å². The summed E-state index contributed by atoms with van der Waals surface area (Å²) in [6.07, 6.45) is 5.14. The fourth-order valence-corrected chi connectivity index (χ4v) is 2.45. The Morgan fingerprint density at radius 3 is 2.42 bits per heavy atom. The minimum Gasteiger partial charge on any atom is -0.107 e. The molecule has 0 spiro atoms. The molecule has 12 heavy (non-hydrogen) atoms. The molecule has 0 aromatic carbocycles. The van der Waals surface area contributed by atoms with Crippen molar-refractivity contribution in [2.24, 2.45) is 17.8 Å². The lowest BCUT2D eigenvalue weighted by atomic mass is 9.57. The Bertz CT molecular complexity index is 134. The van der Waals surface area contributed by atoms with Gasteiger partial charge in [-0.2, -0.15) is 0 Å². The van der Waals surface area contributed by atoms with Crippen molar-refractivity contribution in [1.29, 1.82) is 0 Å². The van der Waals surface area contributed by atoms with Gasteiger partial charge in [-0.05, 0) is 31.1 Å². The van der Waals surface area contributed by atoms with Crippen molar-refractivity contribution in [1.82, 2.24) is 0 Å². The first-order valence-electron chi connectivity index (χ1n) is 5.14.